The van der Waals surface area contributed by atoms with E-state index in [0.29, 0.717) is 0 Å². The Bertz CT molecular complexity index is 7.61. The van der Waals surface area contributed by atoms with Crippen molar-refractivity contribution in [3.63, 3.8) is 0 Å². The van der Waals surface area contributed by atoms with E-state index >= 15 is 0 Å². The third-order valence-electron chi connectivity index (χ3n) is 0. The Morgan fingerprint density at radius 1 is 0.600 bits per heavy atom. The van der Waals surface area contributed by atoms with E-state index in [1.54, 1.807) is 0 Å². The van der Waals surface area contributed by atoms with Crippen LogP contribution in [0.15, 0.2) is 0 Å². The fraction of sp³-hybridized carbons (Fsp3) is 0. The topological polar surface area (TPSA) is 63.0 Å². The molecular weight excluding hydrogens is 295 g/mol. The van der Waals surface area contributed by atoms with Gasteiger partial charge in [-0.1, -0.05) is 0 Å². The Hall–Kier alpha value is 1.55. The van der Waals surface area contributed by atoms with Crippen molar-refractivity contribution < 1.29 is 58.9 Å². The predicted molar refractivity (Wildman–Crippen MR) is 13.0 cm³/mol. The van der Waals surface area contributed by atoms with Gasteiger partial charge in [0.2, 0.25) is 0 Å². The van der Waals surface area contributed by atoms with Crippen LogP contribution < -0.4 is 48.0 Å². The zero-order chi connectivity index (χ0) is 0. The van der Waals surface area contributed by atoms with E-state index in [1.165, 1.54) is 0 Å². The van der Waals surface area contributed by atoms with Crippen LogP contribution in [-0.4, -0.2) is 21.1 Å². The third kappa shape index (κ3) is 29.1. The molecule has 0 saturated carbocycles. The van der Waals surface area contributed by atoms with Crippen molar-refractivity contribution >= 4 is 10.1 Å². The van der Waals surface area contributed by atoms with Gasteiger partial charge in [0.05, 0.1) is 0 Å². The van der Waals surface area contributed by atoms with Crippen molar-refractivity contribution in [2.75, 3.05) is 0 Å². The molecule has 0 fully saturated rings. The molecule has 0 aliphatic rings. The number of hydrogen-bond donors (Lipinski definition) is 0. The fourth-order valence-electron chi connectivity index (χ4n) is 0. The molecule has 4 N–H and O–H groups in total. The van der Waals surface area contributed by atoms with E-state index < -0.39 is 0 Å². The van der Waals surface area contributed by atoms with Gasteiger partial charge in [-0.3, -0.25) is 0 Å². The minimum Gasteiger partial charge on any atom is -1.00 e. The summed E-state index contributed by atoms with van der Waals surface area (Å²) in [7, 11) is 0. The van der Waals surface area contributed by atoms with Gasteiger partial charge in [0.25, 0.3) is 0 Å². The fourth-order valence-corrected chi connectivity index (χ4v) is 0. The molecule has 0 aromatic heterocycles. The zero-order valence-electron chi connectivity index (χ0n) is 2.46. The summed E-state index contributed by atoms with van der Waals surface area (Å²) in [6.45, 7) is 0. The molecule has 0 unspecified atom stereocenters. The molecule has 0 atom stereocenters. The summed E-state index contributed by atoms with van der Waals surface area (Å²) in [6.07, 6.45) is 0. The van der Waals surface area contributed by atoms with Gasteiger partial charge in [-0.05, 0) is 0 Å². The van der Waals surface area contributed by atoms with E-state index in [1.807, 2.05) is 0 Å². The van der Waals surface area contributed by atoms with Crippen molar-refractivity contribution in [1.29, 1.82) is 0 Å². The van der Waals surface area contributed by atoms with Crippen LogP contribution in [0.5, 0.6) is 0 Å². The van der Waals surface area contributed by atoms with Crippen LogP contribution in [0, 0.1) is 0 Å². The molecule has 2 nitrogen and oxygen atoms in total. The largest absolute Gasteiger partial charge is 2.00 e. The Labute approximate surface area is 68.6 Å². The van der Waals surface area contributed by atoms with Crippen LogP contribution in [0.25, 0.3) is 0 Å². The SMILES string of the molecule is O.O.[Be+2].[I-].[I-]. The summed E-state index contributed by atoms with van der Waals surface area (Å²) in [6, 6.07) is 0. The molecular formula is H4BeI2O2. The molecule has 0 aliphatic heterocycles. The van der Waals surface area contributed by atoms with Gasteiger partial charge in [0.1, 0.15) is 0 Å². The van der Waals surface area contributed by atoms with Crippen molar-refractivity contribution in [3.05, 3.63) is 0 Å². The molecule has 0 aromatic rings. The first-order valence-corrected chi connectivity index (χ1v) is 0. The second-order valence-corrected chi connectivity index (χ2v) is 0. The summed E-state index contributed by atoms with van der Waals surface area (Å²) in [4.78, 5) is 0. The van der Waals surface area contributed by atoms with E-state index in [0.717, 1.165) is 0 Å². The van der Waals surface area contributed by atoms with Crippen molar-refractivity contribution in [1.82, 2.24) is 0 Å². The Kier molecular flexibility index (Phi) is 805. The molecule has 0 amide bonds. The van der Waals surface area contributed by atoms with Crippen LogP contribution in [-0.2, 0) is 0 Å². The Morgan fingerprint density at radius 2 is 0.600 bits per heavy atom. The first-order valence-electron chi connectivity index (χ1n) is 0. The van der Waals surface area contributed by atoms with Crippen LogP contribution in [0.2, 0.25) is 0 Å². The predicted octanol–water partition coefficient (Wildman–Crippen LogP) is -8.02. The number of halogens is 2. The zero-order valence-corrected chi connectivity index (χ0v) is 6.78. The minimum atomic E-state index is 0. The molecule has 0 bridgehead atoms. The maximum absolute atomic E-state index is 0. The summed E-state index contributed by atoms with van der Waals surface area (Å²) < 4.78 is 0. The maximum Gasteiger partial charge on any atom is 2.00 e. The normalized spacial score (nSPS) is 0. The molecule has 5 heteroatoms. The summed E-state index contributed by atoms with van der Waals surface area (Å²) in [5.41, 5.74) is 0. The number of rotatable bonds is 0. The van der Waals surface area contributed by atoms with E-state index in [2.05, 4.69) is 0 Å². The molecule has 0 aliphatic carbocycles. The van der Waals surface area contributed by atoms with E-state index in [-0.39, 0.29) is 69.0 Å². The Balaban J connectivity index is 0. The van der Waals surface area contributed by atoms with Crippen LogP contribution in [0.4, 0.5) is 0 Å². The Morgan fingerprint density at radius 3 is 0.600 bits per heavy atom. The van der Waals surface area contributed by atoms with Crippen molar-refractivity contribution in [2.45, 2.75) is 0 Å². The van der Waals surface area contributed by atoms with Gasteiger partial charge >= 0.3 is 10.1 Å². The van der Waals surface area contributed by atoms with Gasteiger partial charge in [0.15, 0.2) is 0 Å². The average Bonchev–Trinajstić information content (AvgIpc) is 0. The molecule has 0 spiro atoms. The summed E-state index contributed by atoms with van der Waals surface area (Å²) in [5.74, 6) is 0. The molecule has 0 heterocycles. The molecule has 0 saturated heterocycles. The third-order valence-corrected chi connectivity index (χ3v) is 0. The molecule has 32 valence electrons. The van der Waals surface area contributed by atoms with Crippen molar-refractivity contribution in [2.24, 2.45) is 0 Å². The maximum atomic E-state index is 0. The summed E-state index contributed by atoms with van der Waals surface area (Å²) >= 11 is 0. The van der Waals surface area contributed by atoms with Crippen LogP contribution in [0.1, 0.15) is 0 Å². The smallest absolute Gasteiger partial charge is 1.00 e. The number of hydrogen-bond acceptors (Lipinski definition) is 0. The quantitative estimate of drug-likeness (QED) is 0.315. The first kappa shape index (κ1) is 84.1. The van der Waals surface area contributed by atoms with Gasteiger partial charge in [-0.2, -0.15) is 0 Å². The molecule has 0 rings (SSSR count). The van der Waals surface area contributed by atoms with Crippen LogP contribution in [0.3, 0.4) is 0 Å². The first-order chi connectivity index (χ1) is 0. The van der Waals surface area contributed by atoms with E-state index in [9.17, 15) is 0 Å². The molecule has 0 aromatic carbocycles. The van der Waals surface area contributed by atoms with Gasteiger partial charge in [0, 0.05) is 0 Å². The molecule has 5 heavy (non-hydrogen) atoms. The minimum absolute atomic E-state index is 0. The van der Waals surface area contributed by atoms with Gasteiger partial charge in [-0.15, -0.1) is 0 Å². The second-order valence-electron chi connectivity index (χ2n) is 0. The standard InChI is InChI=1S/Be.2HI.2H2O/h;2*1H;2*1H2/q+2;;;;/p-2. The van der Waals surface area contributed by atoms with Crippen LogP contribution >= 0.6 is 0 Å². The van der Waals surface area contributed by atoms with Crippen molar-refractivity contribution in [3.8, 4) is 0 Å². The second kappa shape index (κ2) is 47.9. The monoisotopic (exact) mass is 299 g/mol. The van der Waals surface area contributed by atoms with Gasteiger partial charge < -0.3 is 58.9 Å². The molecule has 0 radical (unpaired) electrons. The average molecular weight is 299 g/mol. The summed E-state index contributed by atoms with van der Waals surface area (Å²) in [5, 5.41) is 0. The van der Waals surface area contributed by atoms with Gasteiger partial charge in [-0.25, -0.2) is 0 Å². The van der Waals surface area contributed by atoms with E-state index in [4.69, 9.17) is 0 Å².